The van der Waals surface area contributed by atoms with Gasteiger partial charge in [0.1, 0.15) is 5.92 Å². The van der Waals surface area contributed by atoms with Gasteiger partial charge in [-0.25, -0.2) is 4.79 Å². The van der Waals surface area contributed by atoms with Crippen molar-refractivity contribution in [3.8, 4) is 0 Å². The molecule has 2 N–H and O–H groups in total. The van der Waals surface area contributed by atoms with Gasteiger partial charge in [-0.1, -0.05) is 6.92 Å². The Morgan fingerprint density at radius 2 is 2.05 bits per heavy atom. The second-order valence-corrected chi connectivity index (χ2v) is 5.56. The summed E-state index contributed by atoms with van der Waals surface area (Å²) in [5.41, 5.74) is 0. The zero-order valence-electron chi connectivity index (χ0n) is 11.5. The Morgan fingerprint density at radius 1 is 1.37 bits per heavy atom. The third-order valence-electron chi connectivity index (χ3n) is 4.07. The number of hydrogen-bond acceptors (Lipinski definition) is 3. The van der Waals surface area contributed by atoms with Crippen LogP contribution in [0.5, 0.6) is 0 Å². The minimum Gasteiger partial charge on any atom is -0.481 e. The van der Waals surface area contributed by atoms with Crippen molar-refractivity contribution in [1.82, 2.24) is 10.2 Å². The molecule has 2 rings (SSSR count). The Bertz CT molecular complexity index is 355. The first-order valence-electron chi connectivity index (χ1n) is 6.90. The summed E-state index contributed by atoms with van der Waals surface area (Å²) in [6, 6.07) is -0.289. The normalized spacial score (nSPS) is 33.6. The van der Waals surface area contributed by atoms with Gasteiger partial charge in [0.05, 0.1) is 19.3 Å². The number of carbonyl (C=O) groups is 2. The quantitative estimate of drug-likeness (QED) is 0.796. The highest BCUT2D eigenvalue weighted by molar-refractivity contribution is 5.77. The molecule has 6 heteroatoms. The Morgan fingerprint density at radius 3 is 2.58 bits per heavy atom. The van der Waals surface area contributed by atoms with E-state index >= 15 is 0 Å². The summed E-state index contributed by atoms with van der Waals surface area (Å²) in [6.45, 7) is 5.00. The average Bonchev–Trinajstić information content (AvgIpc) is 2.77. The second kappa shape index (κ2) is 5.77. The second-order valence-electron chi connectivity index (χ2n) is 5.56. The topological polar surface area (TPSA) is 78.9 Å². The van der Waals surface area contributed by atoms with Crippen LogP contribution >= 0.6 is 0 Å². The van der Waals surface area contributed by atoms with Crippen LogP contribution in [0.1, 0.15) is 26.7 Å². The molecule has 0 radical (unpaired) electrons. The van der Waals surface area contributed by atoms with Crippen LogP contribution in [0.2, 0.25) is 0 Å². The van der Waals surface area contributed by atoms with E-state index < -0.39 is 11.9 Å². The van der Waals surface area contributed by atoms with Crippen LogP contribution in [0.3, 0.4) is 0 Å². The molecule has 2 unspecified atom stereocenters. The molecule has 0 aromatic heterocycles. The third-order valence-corrected chi connectivity index (χ3v) is 4.07. The van der Waals surface area contributed by atoms with Gasteiger partial charge in [-0.3, -0.25) is 4.79 Å². The molecule has 19 heavy (non-hydrogen) atoms. The Labute approximate surface area is 113 Å². The fourth-order valence-electron chi connectivity index (χ4n) is 2.89. The van der Waals surface area contributed by atoms with Crippen molar-refractivity contribution >= 4 is 12.0 Å². The van der Waals surface area contributed by atoms with Crippen molar-refractivity contribution in [2.45, 2.75) is 38.8 Å². The lowest BCUT2D eigenvalue weighted by Crippen LogP contribution is -2.54. The monoisotopic (exact) mass is 270 g/mol. The summed E-state index contributed by atoms with van der Waals surface area (Å²) in [5, 5.41) is 12.1. The van der Waals surface area contributed by atoms with Gasteiger partial charge in [0.15, 0.2) is 0 Å². The van der Waals surface area contributed by atoms with Crippen LogP contribution in [0, 0.1) is 11.8 Å². The number of urea groups is 1. The van der Waals surface area contributed by atoms with Crippen molar-refractivity contribution in [1.29, 1.82) is 0 Å². The first kappa shape index (κ1) is 14.1. The van der Waals surface area contributed by atoms with Crippen LogP contribution in [0.15, 0.2) is 0 Å². The van der Waals surface area contributed by atoms with Crippen LogP contribution in [0.4, 0.5) is 4.79 Å². The summed E-state index contributed by atoms with van der Waals surface area (Å²) in [4.78, 5) is 24.9. The van der Waals surface area contributed by atoms with Gasteiger partial charge in [-0.15, -0.1) is 0 Å². The van der Waals surface area contributed by atoms with Crippen molar-refractivity contribution in [2.75, 3.05) is 19.8 Å². The van der Waals surface area contributed by atoms with Gasteiger partial charge < -0.3 is 20.1 Å². The number of likely N-dealkylation sites (N-methyl/N-ethyl adjacent to an activating group) is 1. The van der Waals surface area contributed by atoms with Crippen LogP contribution in [-0.2, 0) is 9.53 Å². The maximum absolute atomic E-state index is 12.2. The van der Waals surface area contributed by atoms with Crippen molar-refractivity contribution in [3.05, 3.63) is 0 Å². The molecule has 1 heterocycles. The largest absolute Gasteiger partial charge is 0.481 e. The number of carboxylic acids is 1. The van der Waals surface area contributed by atoms with Gasteiger partial charge in [-0.05, 0) is 25.7 Å². The smallest absolute Gasteiger partial charge is 0.317 e. The molecule has 0 aromatic carbocycles. The standard InChI is InChI=1S/C13H22N2O4/c1-3-15(11-7-19-6-10(11)12(16)17)13(18)14-9-4-8(2)5-9/h8-11H,3-7H2,1-2H3,(H,14,18)(H,16,17). The van der Waals surface area contributed by atoms with Crippen LogP contribution in [0.25, 0.3) is 0 Å². The molecule has 1 aliphatic carbocycles. The Hall–Kier alpha value is -1.30. The van der Waals surface area contributed by atoms with Crippen molar-refractivity contribution in [2.24, 2.45) is 11.8 Å². The lowest BCUT2D eigenvalue weighted by molar-refractivity contribution is -0.142. The van der Waals surface area contributed by atoms with E-state index in [2.05, 4.69) is 12.2 Å². The van der Waals surface area contributed by atoms with Gasteiger partial charge in [0.25, 0.3) is 0 Å². The number of carboxylic acid groups (broad SMARTS) is 1. The first-order chi connectivity index (χ1) is 9.02. The van der Waals surface area contributed by atoms with Gasteiger partial charge >= 0.3 is 12.0 Å². The third kappa shape index (κ3) is 3.00. The van der Waals surface area contributed by atoms with E-state index in [-0.39, 0.29) is 24.7 Å². The summed E-state index contributed by atoms with van der Waals surface area (Å²) in [7, 11) is 0. The summed E-state index contributed by atoms with van der Waals surface area (Å²) >= 11 is 0. The van der Waals surface area contributed by atoms with Crippen LogP contribution < -0.4 is 5.32 Å². The SMILES string of the molecule is CCN(C(=O)NC1CC(C)C1)C1COCC1C(=O)O. The van der Waals surface area contributed by atoms with E-state index in [1.165, 1.54) is 0 Å². The molecule has 0 bridgehead atoms. The number of nitrogens with one attached hydrogen (secondary N) is 1. The number of aliphatic carboxylic acids is 1. The average molecular weight is 270 g/mol. The van der Waals surface area contributed by atoms with Gasteiger partial charge in [0.2, 0.25) is 0 Å². The number of hydrogen-bond donors (Lipinski definition) is 2. The number of carbonyl (C=O) groups excluding carboxylic acids is 1. The summed E-state index contributed by atoms with van der Waals surface area (Å²) in [5.74, 6) is -0.848. The van der Waals surface area contributed by atoms with Crippen LogP contribution in [-0.4, -0.2) is 53.8 Å². The highest BCUT2D eigenvalue weighted by atomic mass is 16.5. The minimum atomic E-state index is -0.897. The maximum Gasteiger partial charge on any atom is 0.317 e. The first-order valence-corrected chi connectivity index (χ1v) is 6.90. The molecular formula is C13H22N2O4. The fraction of sp³-hybridized carbons (Fsp3) is 0.846. The predicted octanol–water partition coefficient (Wildman–Crippen LogP) is 0.916. The fourth-order valence-corrected chi connectivity index (χ4v) is 2.89. The van der Waals surface area contributed by atoms with E-state index in [1.54, 1.807) is 4.90 Å². The van der Waals surface area contributed by atoms with E-state index in [1.807, 2.05) is 6.92 Å². The summed E-state index contributed by atoms with van der Waals surface area (Å²) in [6.07, 6.45) is 2.01. The van der Waals surface area contributed by atoms with E-state index in [4.69, 9.17) is 9.84 Å². The molecule has 2 fully saturated rings. The molecular weight excluding hydrogens is 248 g/mol. The van der Waals surface area contributed by atoms with Gasteiger partial charge in [-0.2, -0.15) is 0 Å². The molecule has 6 nitrogen and oxygen atoms in total. The molecule has 1 saturated carbocycles. The van der Waals surface area contributed by atoms with Crippen molar-refractivity contribution in [3.63, 3.8) is 0 Å². The van der Waals surface area contributed by atoms with E-state index in [9.17, 15) is 9.59 Å². The molecule has 0 spiro atoms. The molecule has 1 aliphatic heterocycles. The predicted molar refractivity (Wildman–Crippen MR) is 68.8 cm³/mol. The highest BCUT2D eigenvalue weighted by Gasteiger charge is 2.40. The Kier molecular flexibility index (Phi) is 4.29. The van der Waals surface area contributed by atoms with Gasteiger partial charge in [0, 0.05) is 12.6 Å². The number of amides is 2. The Balaban J connectivity index is 1.94. The highest BCUT2D eigenvalue weighted by Crippen LogP contribution is 2.27. The number of rotatable bonds is 4. The molecule has 2 aliphatic rings. The van der Waals surface area contributed by atoms with E-state index in [0.717, 1.165) is 12.8 Å². The zero-order chi connectivity index (χ0) is 14.0. The minimum absolute atomic E-state index is 0.166. The molecule has 2 amide bonds. The number of nitrogens with zero attached hydrogens (tertiary/aromatic N) is 1. The summed E-state index contributed by atoms with van der Waals surface area (Å²) < 4.78 is 5.22. The number of ether oxygens (including phenoxy) is 1. The molecule has 108 valence electrons. The van der Waals surface area contributed by atoms with E-state index in [0.29, 0.717) is 19.1 Å². The lowest BCUT2D eigenvalue weighted by Gasteiger charge is -2.37. The zero-order valence-corrected chi connectivity index (χ0v) is 11.5. The van der Waals surface area contributed by atoms with Crippen molar-refractivity contribution < 1.29 is 19.4 Å². The molecule has 2 atom stereocenters. The molecule has 0 aromatic rings. The molecule has 1 saturated heterocycles. The lowest BCUT2D eigenvalue weighted by atomic mass is 9.82. The maximum atomic E-state index is 12.2.